The predicted molar refractivity (Wildman–Crippen MR) is 84.6 cm³/mol. The van der Waals surface area contributed by atoms with Gasteiger partial charge in [0.2, 0.25) is 0 Å². The lowest BCUT2D eigenvalue weighted by molar-refractivity contribution is -0.137. The van der Waals surface area contributed by atoms with E-state index in [0.29, 0.717) is 5.54 Å². The highest BCUT2D eigenvalue weighted by atomic mass is 16.5. The fraction of sp³-hybridized carbons (Fsp3) is 0.750. The summed E-state index contributed by atoms with van der Waals surface area (Å²) in [5.74, 6) is 0. The lowest BCUT2D eigenvalue weighted by atomic mass is 9.97. The van der Waals surface area contributed by atoms with E-state index in [4.69, 9.17) is 10.5 Å². The Kier molecular flexibility index (Phi) is 4.40. The zero-order chi connectivity index (χ0) is 14.7. The van der Waals surface area contributed by atoms with Crippen molar-refractivity contribution in [1.82, 2.24) is 15.1 Å². The fourth-order valence-corrected chi connectivity index (χ4v) is 3.39. The lowest BCUT2D eigenvalue weighted by Gasteiger charge is -2.50. The van der Waals surface area contributed by atoms with Gasteiger partial charge in [-0.25, -0.2) is 0 Å². The first-order valence-electron chi connectivity index (χ1n) is 8.11. The molecule has 3 fully saturated rings. The molecule has 5 heteroatoms. The summed E-state index contributed by atoms with van der Waals surface area (Å²) in [6.07, 6.45) is 7.53. The van der Waals surface area contributed by atoms with Crippen LogP contribution in [0.5, 0.6) is 0 Å². The molecule has 0 aromatic heterocycles. The SMILES string of the molecule is CC1(N2CCN(/C=C3\CCC/C(=C/N)NC3)CC2)COC1. The van der Waals surface area contributed by atoms with E-state index in [9.17, 15) is 0 Å². The maximum absolute atomic E-state index is 5.61. The van der Waals surface area contributed by atoms with Crippen molar-refractivity contribution < 1.29 is 4.74 Å². The highest BCUT2D eigenvalue weighted by Gasteiger charge is 2.40. The first-order valence-corrected chi connectivity index (χ1v) is 8.11. The minimum absolute atomic E-state index is 0.296. The van der Waals surface area contributed by atoms with Gasteiger partial charge in [-0.15, -0.1) is 0 Å². The summed E-state index contributed by atoms with van der Waals surface area (Å²) in [5.41, 5.74) is 8.58. The topological polar surface area (TPSA) is 53.8 Å². The van der Waals surface area contributed by atoms with Gasteiger partial charge in [-0.3, -0.25) is 4.90 Å². The monoisotopic (exact) mass is 292 g/mol. The Morgan fingerprint density at radius 3 is 2.57 bits per heavy atom. The Morgan fingerprint density at radius 2 is 1.95 bits per heavy atom. The Balaban J connectivity index is 1.51. The Hall–Kier alpha value is -1.20. The van der Waals surface area contributed by atoms with E-state index in [1.807, 2.05) is 0 Å². The van der Waals surface area contributed by atoms with Crippen LogP contribution in [0.1, 0.15) is 26.2 Å². The van der Waals surface area contributed by atoms with Crippen molar-refractivity contribution in [3.05, 3.63) is 23.7 Å². The van der Waals surface area contributed by atoms with Gasteiger partial charge in [0.15, 0.2) is 0 Å². The predicted octanol–water partition coefficient (Wildman–Crippen LogP) is 0.850. The number of hydrogen-bond donors (Lipinski definition) is 2. The van der Waals surface area contributed by atoms with E-state index in [1.54, 1.807) is 6.20 Å². The van der Waals surface area contributed by atoms with Crippen molar-refractivity contribution in [3.8, 4) is 0 Å². The third-order valence-electron chi connectivity index (χ3n) is 4.96. The number of hydrogen-bond acceptors (Lipinski definition) is 5. The summed E-state index contributed by atoms with van der Waals surface area (Å²) < 4.78 is 5.38. The number of nitrogens with one attached hydrogen (secondary N) is 1. The minimum Gasteiger partial charge on any atom is -0.403 e. The maximum atomic E-state index is 5.61. The smallest absolute Gasteiger partial charge is 0.0671 e. The van der Waals surface area contributed by atoms with E-state index < -0.39 is 0 Å². The number of rotatable bonds is 2. The number of nitrogens with two attached hydrogens (primary N) is 1. The molecule has 0 saturated carbocycles. The summed E-state index contributed by atoms with van der Waals surface area (Å²) in [6, 6.07) is 0. The van der Waals surface area contributed by atoms with E-state index in [2.05, 4.69) is 28.2 Å². The van der Waals surface area contributed by atoms with Crippen LogP contribution in [0.25, 0.3) is 0 Å². The highest BCUT2D eigenvalue weighted by Crippen LogP contribution is 2.26. The van der Waals surface area contributed by atoms with Crippen LogP contribution in [0, 0.1) is 0 Å². The Bertz CT molecular complexity index is 420. The molecule has 0 bridgehead atoms. The van der Waals surface area contributed by atoms with Gasteiger partial charge in [-0.2, -0.15) is 0 Å². The van der Waals surface area contributed by atoms with E-state index in [-0.39, 0.29) is 0 Å². The molecule has 118 valence electrons. The molecule has 0 atom stereocenters. The van der Waals surface area contributed by atoms with Crippen LogP contribution in [-0.4, -0.2) is 61.3 Å². The maximum Gasteiger partial charge on any atom is 0.0671 e. The molecule has 3 aliphatic rings. The van der Waals surface area contributed by atoms with E-state index >= 15 is 0 Å². The molecule has 3 N–H and O–H groups in total. The number of ether oxygens (including phenoxy) is 1. The Morgan fingerprint density at radius 1 is 1.19 bits per heavy atom. The summed E-state index contributed by atoms with van der Waals surface area (Å²) in [7, 11) is 0. The summed E-state index contributed by atoms with van der Waals surface area (Å²) in [5, 5.41) is 3.44. The third-order valence-corrected chi connectivity index (χ3v) is 4.96. The second-order valence-corrected chi connectivity index (χ2v) is 6.70. The molecule has 5 nitrogen and oxygen atoms in total. The fourth-order valence-electron chi connectivity index (χ4n) is 3.39. The average molecular weight is 292 g/mol. The Labute approximate surface area is 127 Å². The third kappa shape index (κ3) is 3.35. The molecule has 0 amide bonds. The highest BCUT2D eigenvalue weighted by molar-refractivity contribution is 5.12. The summed E-state index contributed by atoms with van der Waals surface area (Å²) >= 11 is 0. The molecule has 0 aromatic rings. The standard InChI is InChI=1S/C16H28N4O/c1-16(12-21-13-16)20-7-5-19(6-8-20)11-14-3-2-4-15(9-17)18-10-14/h9,11,18H,2-8,10,12-13,17H2,1H3/b14-11+,15-9-. The van der Waals surface area contributed by atoms with Crippen molar-refractivity contribution in [2.24, 2.45) is 5.73 Å². The number of allylic oxidation sites excluding steroid dienone is 1. The molecule has 0 aliphatic carbocycles. The second kappa shape index (κ2) is 6.28. The molecule has 0 radical (unpaired) electrons. The zero-order valence-corrected chi connectivity index (χ0v) is 13.1. The summed E-state index contributed by atoms with van der Waals surface area (Å²) in [6.45, 7) is 9.58. The molecule has 3 saturated heterocycles. The molecule has 3 heterocycles. The first kappa shape index (κ1) is 14.7. The van der Waals surface area contributed by atoms with Gasteiger partial charge in [-0.05, 0) is 31.8 Å². The van der Waals surface area contributed by atoms with Crippen molar-refractivity contribution in [2.75, 3.05) is 45.9 Å². The molecule has 0 aromatic carbocycles. The van der Waals surface area contributed by atoms with Crippen LogP contribution in [0.3, 0.4) is 0 Å². The van der Waals surface area contributed by atoms with Crippen LogP contribution >= 0.6 is 0 Å². The van der Waals surface area contributed by atoms with Gasteiger partial charge in [0.25, 0.3) is 0 Å². The molecular formula is C16H28N4O. The second-order valence-electron chi connectivity index (χ2n) is 6.70. The summed E-state index contributed by atoms with van der Waals surface area (Å²) in [4.78, 5) is 5.07. The van der Waals surface area contributed by atoms with Crippen LogP contribution in [-0.2, 0) is 4.74 Å². The van der Waals surface area contributed by atoms with Gasteiger partial charge in [0, 0.05) is 50.8 Å². The largest absolute Gasteiger partial charge is 0.403 e. The van der Waals surface area contributed by atoms with Gasteiger partial charge >= 0.3 is 0 Å². The molecule has 0 spiro atoms. The van der Waals surface area contributed by atoms with Crippen molar-refractivity contribution >= 4 is 0 Å². The van der Waals surface area contributed by atoms with Crippen LogP contribution in [0.4, 0.5) is 0 Å². The average Bonchev–Trinajstić information content (AvgIpc) is 2.71. The minimum atomic E-state index is 0.296. The van der Waals surface area contributed by atoms with Gasteiger partial charge in [0.1, 0.15) is 0 Å². The van der Waals surface area contributed by atoms with Gasteiger partial charge in [0.05, 0.1) is 18.8 Å². The lowest BCUT2D eigenvalue weighted by Crippen LogP contribution is -2.64. The molecule has 3 rings (SSSR count). The molecular weight excluding hydrogens is 264 g/mol. The van der Waals surface area contributed by atoms with Gasteiger partial charge in [-0.1, -0.05) is 0 Å². The molecule has 0 unspecified atom stereocenters. The molecule has 21 heavy (non-hydrogen) atoms. The van der Waals surface area contributed by atoms with Crippen LogP contribution in [0.15, 0.2) is 23.7 Å². The first-order chi connectivity index (χ1) is 10.2. The van der Waals surface area contributed by atoms with Crippen LogP contribution < -0.4 is 11.1 Å². The van der Waals surface area contributed by atoms with Crippen molar-refractivity contribution in [2.45, 2.75) is 31.7 Å². The number of nitrogens with zero attached hydrogens (tertiary/aromatic N) is 2. The number of piperazine rings is 1. The quantitative estimate of drug-likeness (QED) is 0.790. The van der Waals surface area contributed by atoms with Crippen molar-refractivity contribution in [3.63, 3.8) is 0 Å². The normalized spacial score (nSPS) is 30.8. The van der Waals surface area contributed by atoms with Gasteiger partial charge < -0.3 is 20.7 Å². The van der Waals surface area contributed by atoms with Crippen molar-refractivity contribution in [1.29, 1.82) is 0 Å². The van der Waals surface area contributed by atoms with E-state index in [1.165, 1.54) is 24.1 Å². The van der Waals surface area contributed by atoms with E-state index in [0.717, 1.165) is 52.4 Å². The zero-order valence-electron chi connectivity index (χ0n) is 13.1. The molecule has 3 aliphatic heterocycles. The van der Waals surface area contributed by atoms with Crippen LogP contribution in [0.2, 0.25) is 0 Å².